The van der Waals surface area contributed by atoms with Crippen molar-refractivity contribution < 1.29 is 9.47 Å². The van der Waals surface area contributed by atoms with Crippen LogP contribution in [0, 0.1) is 0 Å². The third kappa shape index (κ3) is 3.44. The van der Waals surface area contributed by atoms with E-state index in [4.69, 9.17) is 17.3 Å². The molecule has 1 rings (SSSR count). The Morgan fingerprint density at radius 2 is 2.13 bits per heavy atom. The average molecular weight is 202 g/mol. The Labute approximate surface area is 92.3 Å². The predicted molar refractivity (Wildman–Crippen MR) is 63.9 cm³/mol. The molecule has 0 saturated carbocycles. The Bertz CT molecular complexity index is 334. The van der Waals surface area contributed by atoms with Gasteiger partial charge in [0.15, 0.2) is 0 Å². The highest BCUT2D eigenvalue weighted by Crippen LogP contribution is 2.16. The molecule has 0 spiro atoms. The molecule has 0 heterocycles. The van der Waals surface area contributed by atoms with Gasteiger partial charge >= 0.3 is 0 Å². The largest absolute Gasteiger partial charge is 0.491 e. The van der Waals surface area contributed by atoms with Crippen molar-refractivity contribution in [2.24, 2.45) is 0 Å². The Morgan fingerprint density at radius 1 is 1.33 bits per heavy atom. The van der Waals surface area contributed by atoms with Crippen LogP contribution in [-0.4, -0.2) is 28.2 Å². The molecule has 0 atom stereocenters. The molecular formula is C12H15BO2. The monoisotopic (exact) mass is 202 g/mol. The summed E-state index contributed by atoms with van der Waals surface area (Å²) < 4.78 is 10.5. The second-order valence-electron chi connectivity index (χ2n) is 3.11. The van der Waals surface area contributed by atoms with Gasteiger partial charge in [-0.05, 0) is 6.92 Å². The lowest BCUT2D eigenvalue weighted by Crippen LogP contribution is -2.13. The molecule has 0 unspecified atom stereocenters. The van der Waals surface area contributed by atoms with Crippen LogP contribution in [0.25, 0.3) is 6.08 Å². The van der Waals surface area contributed by atoms with Gasteiger partial charge in [-0.3, -0.25) is 0 Å². The molecule has 0 aliphatic heterocycles. The molecule has 0 N–H and O–H groups in total. The van der Waals surface area contributed by atoms with E-state index in [9.17, 15) is 0 Å². The fourth-order valence-electron chi connectivity index (χ4n) is 1.28. The number of rotatable bonds is 5. The molecule has 0 saturated heterocycles. The third-order valence-corrected chi connectivity index (χ3v) is 1.96. The molecule has 1 aromatic carbocycles. The fraction of sp³-hybridized carbons (Fsp3) is 0.333. The number of methoxy groups -OCH3 is 1. The first-order valence-electron chi connectivity index (χ1n) is 4.92. The van der Waals surface area contributed by atoms with E-state index in [1.54, 1.807) is 7.11 Å². The first kappa shape index (κ1) is 11.9. The van der Waals surface area contributed by atoms with Crippen molar-refractivity contribution in [3.63, 3.8) is 0 Å². The van der Waals surface area contributed by atoms with E-state index in [1.165, 1.54) is 0 Å². The van der Waals surface area contributed by atoms with Gasteiger partial charge in [0.25, 0.3) is 0 Å². The van der Waals surface area contributed by atoms with Crippen LogP contribution < -0.4 is 10.2 Å². The van der Waals surface area contributed by atoms with Crippen LogP contribution in [0.4, 0.5) is 0 Å². The van der Waals surface area contributed by atoms with Crippen molar-refractivity contribution in [2.75, 3.05) is 20.3 Å². The van der Waals surface area contributed by atoms with Gasteiger partial charge in [-0.2, -0.15) is 0 Å². The van der Waals surface area contributed by atoms with E-state index in [0.717, 1.165) is 11.3 Å². The Kier molecular flexibility index (Phi) is 4.98. The summed E-state index contributed by atoms with van der Waals surface area (Å²) in [5.74, 6) is 0.729. The fourth-order valence-corrected chi connectivity index (χ4v) is 1.28. The number of hydrogen-bond donors (Lipinski definition) is 0. The molecular weight excluding hydrogens is 187 g/mol. The second kappa shape index (κ2) is 6.30. The predicted octanol–water partition coefficient (Wildman–Crippen LogP) is 1.54. The van der Waals surface area contributed by atoms with Crippen molar-refractivity contribution in [1.82, 2.24) is 0 Å². The van der Waals surface area contributed by atoms with Crippen LogP contribution in [0.5, 0.6) is 5.75 Å². The molecule has 1 aromatic rings. The van der Waals surface area contributed by atoms with E-state index in [2.05, 4.69) is 0 Å². The minimum absolute atomic E-state index is 0.509. The minimum Gasteiger partial charge on any atom is -0.491 e. The van der Waals surface area contributed by atoms with Crippen LogP contribution in [0.15, 0.2) is 24.3 Å². The van der Waals surface area contributed by atoms with Gasteiger partial charge in [-0.25, -0.2) is 0 Å². The molecule has 0 bridgehead atoms. The molecule has 2 nitrogen and oxygen atoms in total. The average Bonchev–Trinajstić information content (AvgIpc) is 2.23. The Hall–Kier alpha value is -1.22. The lowest BCUT2D eigenvalue weighted by Gasteiger charge is -2.11. The third-order valence-electron chi connectivity index (χ3n) is 1.96. The van der Waals surface area contributed by atoms with E-state index in [-0.39, 0.29) is 0 Å². The van der Waals surface area contributed by atoms with Gasteiger partial charge < -0.3 is 9.47 Å². The number of ether oxygens (including phenoxy) is 2. The van der Waals surface area contributed by atoms with E-state index in [0.29, 0.717) is 18.7 Å². The highest BCUT2D eigenvalue weighted by Gasteiger charge is 2.03. The van der Waals surface area contributed by atoms with Crippen LogP contribution in [0.1, 0.15) is 12.5 Å². The first-order chi connectivity index (χ1) is 7.29. The number of para-hydroxylation sites is 1. The van der Waals surface area contributed by atoms with Crippen molar-refractivity contribution in [1.29, 1.82) is 0 Å². The summed E-state index contributed by atoms with van der Waals surface area (Å²) in [5, 5.41) is 0. The summed E-state index contributed by atoms with van der Waals surface area (Å²) in [5.41, 5.74) is 1.65. The molecule has 78 valence electrons. The van der Waals surface area contributed by atoms with Crippen LogP contribution in [0.2, 0.25) is 0 Å². The molecule has 0 amide bonds. The number of allylic oxidation sites excluding steroid dienone is 1. The lowest BCUT2D eigenvalue weighted by atomic mass is 9.92. The SMILES string of the molecule is [B]c1cccc(/C=C\C)c1OCCOC. The molecule has 0 aliphatic carbocycles. The Morgan fingerprint density at radius 3 is 2.80 bits per heavy atom. The zero-order valence-corrected chi connectivity index (χ0v) is 9.19. The summed E-state index contributed by atoms with van der Waals surface area (Å²) >= 11 is 0. The zero-order valence-electron chi connectivity index (χ0n) is 9.19. The zero-order chi connectivity index (χ0) is 11.1. The maximum absolute atomic E-state index is 5.83. The highest BCUT2D eigenvalue weighted by molar-refractivity contribution is 6.34. The topological polar surface area (TPSA) is 18.5 Å². The van der Waals surface area contributed by atoms with Crippen molar-refractivity contribution >= 4 is 19.4 Å². The molecule has 0 fully saturated rings. The number of benzene rings is 1. The van der Waals surface area contributed by atoms with Crippen LogP contribution in [-0.2, 0) is 4.74 Å². The van der Waals surface area contributed by atoms with E-state index >= 15 is 0 Å². The summed E-state index contributed by atoms with van der Waals surface area (Å²) in [4.78, 5) is 0. The summed E-state index contributed by atoms with van der Waals surface area (Å²) in [6.45, 7) is 3.03. The van der Waals surface area contributed by atoms with Crippen LogP contribution >= 0.6 is 0 Å². The maximum Gasteiger partial charge on any atom is 0.119 e. The van der Waals surface area contributed by atoms with Gasteiger partial charge in [0, 0.05) is 12.7 Å². The van der Waals surface area contributed by atoms with Gasteiger partial charge in [-0.15, -0.1) is 0 Å². The van der Waals surface area contributed by atoms with E-state index < -0.39 is 0 Å². The standard InChI is InChI=1S/C12H15BO2/c1-3-5-10-6-4-7-11(13)12(10)15-9-8-14-2/h3-7H,8-9H2,1-2H3/b5-3-. The highest BCUT2D eigenvalue weighted by atomic mass is 16.5. The smallest absolute Gasteiger partial charge is 0.119 e. The summed E-state index contributed by atoms with van der Waals surface area (Å²) in [6.07, 6.45) is 3.93. The normalized spacial score (nSPS) is 10.8. The van der Waals surface area contributed by atoms with Gasteiger partial charge in [0.05, 0.1) is 6.61 Å². The van der Waals surface area contributed by atoms with E-state index in [1.807, 2.05) is 37.3 Å². The molecule has 0 aliphatic rings. The summed E-state index contributed by atoms with van der Waals surface area (Å²) in [7, 11) is 7.48. The Balaban J connectivity index is 2.82. The minimum atomic E-state index is 0.509. The van der Waals surface area contributed by atoms with Gasteiger partial charge in [0.2, 0.25) is 0 Å². The molecule has 0 aromatic heterocycles. The van der Waals surface area contributed by atoms with Gasteiger partial charge in [-0.1, -0.05) is 35.8 Å². The quantitative estimate of drug-likeness (QED) is 0.532. The van der Waals surface area contributed by atoms with Gasteiger partial charge in [0.1, 0.15) is 20.2 Å². The summed E-state index contributed by atoms with van der Waals surface area (Å²) in [6, 6.07) is 5.71. The second-order valence-corrected chi connectivity index (χ2v) is 3.11. The first-order valence-corrected chi connectivity index (χ1v) is 4.92. The molecule has 2 radical (unpaired) electrons. The van der Waals surface area contributed by atoms with Crippen LogP contribution in [0.3, 0.4) is 0 Å². The molecule has 15 heavy (non-hydrogen) atoms. The van der Waals surface area contributed by atoms with Crippen molar-refractivity contribution in [3.8, 4) is 5.75 Å². The number of hydrogen-bond acceptors (Lipinski definition) is 2. The van der Waals surface area contributed by atoms with Crippen molar-refractivity contribution in [2.45, 2.75) is 6.92 Å². The van der Waals surface area contributed by atoms with Crippen molar-refractivity contribution in [3.05, 3.63) is 29.8 Å². The maximum atomic E-state index is 5.83. The molecule has 3 heteroatoms. The lowest BCUT2D eigenvalue weighted by molar-refractivity contribution is 0.147.